The zero-order valence-corrected chi connectivity index (χ0v) is 33.4. The van der Waals surface area contributed by atoms with Gasteiger partial charge < -0.3 is 39.3 Å². The molecule has 7 rings (SSSR count). The molecule has 5 aromatic rings. The molecule has 0 saturated carbocycles. The van der Waals surface area contributed by atoms with Gasteiger partial charge in [-0.25, -0.2) is 4.79 Å². The van der Waals surface area contributed by atoms with Crippen molar-refractivity contribution in [3.05, 3.63) is 107 Å². The second-order valence-corrected chi connectivity index (χ2v) is 14.8. The fourth-order valence-electron chi connectivity index (χ4n) is 8.32. The number of ether oxygens (including phenoxy) is 4. The number of carbonyl (C=O) groups is 1. The van der Waals surface area contributed by atoms with Crippen molar-refractivity contribution in [2.75, 3.05) is 78.2 Å². The lowest BCUT2D eigenvalue weighted by atomic mass is 9.95. The van der Waals surface area contributed by atoms with Gasteiger partial charge in [0.1, 0.15) is 23.8 Å². The number of carboxylic acid groups (broad SMARTS) is 1. The summed E-state index contributed by atoms with van der Waals surface area (Å²) in [5, 5.41) is 14.0. The lowest BCUT2D eigenvalue weighted by Gasteiger charge is -2.33. The zero-order chi connectivity index (χ0) is 39.7. The van der Waals surface area contributed by atoms with Crippen molar-refractivity contribution < 1.29 is 28.8 Å². The van der Waals surface area contributed by atoms with Crippen LogP contribution in [-0.4, -0.2) is 106 Å². The number of rotatable bonds is 16. The fraction of sp³-hybridized carbons (Fsp3) is 0.391. The summed E-state index contributed by atoms with van der Waals surface area (Å²) in [7, 11) is 3.53. The summed E-state index contributed by atoms with van der Waals surface area (Å²) in [5.74, 6) is 0.592. The molecule has 2 aliphatic heterocycles. The number of nitrogens with zero attached hydrogens (tertiary/aromatic N) is 4. The first-order valence-corrected chi connectivity index (χ1v) is 20.1. The highest BCUT2D eigenvalue weighted by molar-refractivity contribution is 6.28. The molecule has 0 atom stereocenters. The second kappa shape index (κ2) is 18.7. The van der Waals surface area contributed by atoms with Gasteiger partial charge in [0.15, 0.2) is 0 Å². The Kier molecular flexibility index (Phi) is 13.1. The van der Waals surface area contributed by atoms with Crippen molar-refractivity contribution in [1.82, 2.24) is 9.47 Å². The first kappa shape index (κ1) is 39.9. The minimum absolute atomic E-state index is 0.188. The van der Waals surface area contributed by atoms with Gasteiger partial charge in [0.2, 0.25) is 0 Å². The third-order valence-corrected chi connectivity index (χ3v) is 11.3. The van der Waals surface area contributed by atoms with Gasteiger partial charge in [-0.15, -0.1) is 0 Å². The van der Waals surface area contributed by atoms with Gasteiger partial charge in [0.05, 0.1) is 37.2 Å². The number of aryl methyl sites for hydroxylation is 1. The SMILES string of the molecule is CN=C(COc1ccc(N2CCC(OC)CC2)cc1)/C(=C(/C)N)c1cccc2c(CCCOc3cccc4ccccc34)c(C(=O)O)n(CCN3CCOCC3)c12. The molecule has 2 fully saturated rings. The van der Waals surface area contributed by atoms with E-state index < -0.39 is 5.97 Å². The van der Waals surface area contributed by atoms with E-state index in [1.54, 1.807) is 14.2 Å². The largest absolute Gasteiger partial charge is 0.493 e. The van der Waals surface area contributed by atoms with Crippen molar-refractivity contribution in [1.29, 1.82) is 0 Å². The third kappa shape index (κ3) is 9.12. The molecule has 3 heterocycles. The molecule has 0 unspecified atom stereocenters. The van der Waals surface area contributed by atoms with Gasteiger partial charge in [-0.05, 0) is 73.9 Å². The summed E-state index contributed by atoms with van der Waals surface area (Å²) in [4.78, 5) is 22.7. The maximum absolute atomic E-state index is 13.3. The Morgan fingerprint density at radius 3 is 2.33 bits per heavy atom. The van der Waals surface area contributed by atoms with E-state index in [0.717, 1.165) is 94.6 Å². The fourth-order valence-corrected chi connectivity index (χ4v) is 8.32. The molecule has 0 radical (unpaired) electrons. The average molecular weight is 774 g/mol. The van der Waals surface area contributed by atoms with E-state index in [1.807, 2.05) is 66.1 Å². The number of hydrogen-bond acceptors (Lipinski definition) is 9. The number of anilines is 1. The van der Waals surface area contributed by atoms with Crippen LogP contribution >= 0.6 is 0 Å². The van der Waals surface area contributed by atoms with Crippen LogP contribution in [0.5, 0.6) is 11.5 Å². The number of methoxy groups -OCH3 is 1. The van der Waals surface area contributed by atoms with Crippen LogP contribution in [0.15, 0.2) is 95.6 Å². The number of hydrogen-bond donors (Lipinski definition) is 2. The standard InChI is InChI=1S/C46H55N5O6/c1-32(47)43(41(48-2)31-57-36-18-16-34(17-19-36)50-22-20-35(54-3)21-23-50)40-13-7-12-38-39(14-8-28-56-42-15-6-10-33-9-4-5-11-37(33)42)45(46(52)53)51(44(38)40)25-24-49-26-29-55-30-27-49/h4-7,9-13,15-19,35H,8,14,20-31,47H2,1-3H3,(H,52,53)/b43-32-,48-41?. The maximum atomic E-state index is 13.3. The number of aliphatic imine (C=N–C) groups is 1. The van der Waals surface area contributed by atoms with Crippen LogP contribution in [0.1, 0.15) is 47.8 Å². The molecule has 0 amide bonds. The molecule has 0 bridgehead atoms. The van der Waals surface area contributed by atoms with Crippen molar-refractivity contribution in [2.24, 2.45) is 10.7 Å². The van der Waals surface area contributed by atoms with Crippen LogP contribution in [0.4, 0.5) is 5.69 Å². The Morgan fingerprint density at radius 1 is 0.895 bits per heavy atom. The highest BCUT2D eigenvalue weighted by Gasteiger charge is 2.27. The second-order valence-electron chi connectivity index (χ2n) is 14.8. The van der Waals surface area contributed by atoms with E-state index in [1.165, 1.54) is 0 Å². The molecule has 4 aromatic carbocycles. The third-order valence-electron chi connectivity index (χ3n) is 11.3. The lowest BCUT2D eigenvalue weighted by molar-refractivity contribution is 0.0362. The highest BCUT2D eigenvalue weighted by Crippen LogP contribution is 2.35. The molecule has 11 heteroatoms. The molecule has 0 spiro atoms. The van der Waals surface area contributed by atoms with Crippen LogP contribution in [0.25, 0.3) is 27.2 Å². The molecule has 2 saturated heterocycles. The van der Waals surface area contributed by atoms with Crippen molar-refractivity contribution in [2.45, 2.75) is 45.3 Å². The maximum Gasteiger partial charge on any atom is 0.352 e. The monoisotopic (exact) mass is 773 g/mol. The smallest absolute Gasteiger partial charge is 0.352 e. The molecule has 11 nitrogen and oxygen atoms in total. The number of piperidine rings is 1. The van der Waals surface area contributed by atoms with Gasteiger partial charge in [0.25, 0.3) is 0 Å². The van der Waals surface area contributed by atoms with E-state index in [-0.39, 0.29) is 6.61 Å². The van der Waals surface area contributed by atoms with Crippen LogP contribution < -0.4 is 20.1 Å². The normalized spacial score (nSPS) is 16.3. The molecule has 2 aliphatic rings. The van der Waals surface area contributed by atoms with E-state index in [2.05, 4.69) is 40.1 Å². The van der Waals surface area contributed by atoms with Crippen LogP contribution in [0.2, 0.25) is 0 Å². The number of carboxylic acids is 1. The van der Waals surface area contributed by atoms with Crippen molar-refractivity contribution in [3.63, 3.8) is 0 Å². The molecular weight excluding hydrogens is 719 g/mol. The summed E-state index contributed by atoms with van der Waals surface area (Å²) in [6.07, 6.45) is 3.51. The van der Waals surface area contributed by atoms with Crippen molar-refractivity contribution in [3.8, 4) is 11.5 Å². The lowest BCUT2D eigenvalue weighted by Crippen LogP contribution is -2.38. The number of benzene rings is 4. The quantitative estimate of drug-likeness (QED) is 0.0786. The molecule has 57 heavy (non-hydrogen) atoms. The summed E-state index contributed by atoms with van der Waals surface area (Å²) < 4.78 is 25.8. The summed E-state index contributed by atoms with van der Waals surface area (Å²) in [6.45, 7) is 8.52. The van der Waals surface area contributed by atoms with Gasteiger partial charge in [0, 0.05) is 86.7 Å². The van der Waals surface area contributed by atoms with E-state index in [4.69, 9.17) is 29.7 Å². The minimum Gasteiger partial charge on any atom is -0.493 e. The predicted molar refractivity (Wildman–Crippen MR) is 228 cm³/mol. The number of morpholine rings is 1. The van der Waals surface area contributed by atoms with Gasteiger partial charge >= 0.3 is 5.97 Å². The predicted octanol–water partition coefficient (Wildman–Crippen LogP) is 7.29. The van der Waals surface area contributed by atoms with Gasteiger partial charge in [-0.2, -0.15) is 0 Å². The number of para-hydroxylation sites is 1. The number of aromatic carboxylic acids is 1. The highest BCUT2D eigenvalue weighted by atomic mass is 16.5. The van der Waals surface area contributed by atoms with Crippen LogP contribution in [0, 0.1) is 0 Å². The Bertz CT molecular complexity index is 2210. The Balaban J connectivity index is 1.17. The van der Waals surface area contributed by atoms with Gasteiger partial charge in [-0.3, -0.25) is 9.89 Å². The summed E-state index contributed by atoms with van der Waals surface area (Å²) >= 11 is 0. The molecular formula is C46H55N5O6. The molecule has 1 aromatic heterocycles. The molecule has 3 N–H and O–H groups in total. The van der Waals surface area contributed by atoms with Crippen LogP contribution in [-0.2, 0) is 22.4 Å². The first-order valence-electron chi connectivity index (χ1n) is 20.1. The Labute approximate surface area is 335 Å². The van der Waals surface area contributed by atoms with E-state index >= 15 is 0 Å². The molecule has 300 valence electrons. The Hall–Kier alpha value is -5.36. The first-order chi connectivity index (χ1) is 27.9. The summed E-state index contributed by atoms with van der Waals surface area (Å²) in [6, 6.07) is 28.4. The van der Waals surface area contributed by atoms with Crippen LogP contribution in [0.3, 0.4) is 0 Å². The average Bonchev–Trinajstić information content (AvgIpc) is 3.57. The Morgan fingerprint density at radius 2 is 1.61 bits per heavy atom. The minimum atomic E-state index is -0.960. The summed E-state index contributed by atoms with van der Waals surface area (Å²) in [5.41, 5.74) is 12.6. The number of aromatic nitrogens is 1. The van der Waals surface area contributed by atoms with Gasteiger partial charge in [-0.1, -0.05) is 54.6 Å². The topological polar surface area (TPSA) is 124 Å². The number of allylic oxidation sites excluding steroid dienone is 1. The number of nitrogens with two attached hydrogens (primary N) is 1. The van der Waals surface area contributed by atoms with E-state index in [9.17, 15) is 9.90 Å². The zero-order valence-electron chi connectivity index (χ0n) is 33.4. The number of fused-ring (bicyclic) bond motifs is 2. The van der Waals surface area contributed by atoms with E-state index in [0.29, 0.717) is 69.0 Å². The molecule has 0 aliphatic carbocycles. The van der Waals surface area contributed by atoms with Crippen molar-refractivity contribution >= 4 is 44.6 Å².